The van der Waals surface area contributed by atoms with Gasteiger partial charge in [-0.1, -0.05) is 30.3 Å². The Balaban J connectivity index is 2.03. The van der Waals surface area contributed by atoms with E-state index in [0.717, 1.165) is 5.56 Å². The van der Waals surface area contributed by atoms with Gasteiger partial charge in [-0.25, -0.2) is 4.39 Å². The topological polar surface area (TPSA) is 29.5 Å². The second-order valence-electron chi connectivity index (χ2n) is 3.46. The normalized spacial score (nSPS) is 12.7. The van der Waals surface area contributed by atoms with Crippen molar-refractivity contribution in [2.45, 2.75) is 25.6 Å². The van der Waals surface area contributed by atoms with E-state index < -0.39 is 12.8 Å². The van der Waals surface area contributed by atoms with E-state index in [1.165, 1.54) is 0 Å². The number of aliphatic hydroxyl groups is 1. The molecule has 0 spiro atoms. The Bertz CT molecular complexity index is 251. The van der Waals surface area contributed by atoms with Crippen molar-refractivity contribution in [3.05, 3.63) is 35.9 Å². The van der Waals surface area contributed by atoms with Crippen molar-refractivity contribution >= 4 is 0 Å². The minimum absolute atomic E-state index is 0.366. The first-order valence-electron chi connectivity index (χ1n) is 5.19. The van der Waals surface area contributed by atoms with Crippen molar-refractivity contribution in [1.29, 1.82) is 0 Å². The second-order valence-corrected chi connectivity index (χ2v) is 3.46. The maximum Gasteiger partial charge on any atom is 0.123 e. The van der Waals surface area contributed by atoms with Crippen molar-refractivity contribution < 1.29 is 14.2 Å². The molecule has 1 aromatic carbocycles. The van der Waals surface area contributed by atoms with Gasteiger partial charge in [0.05, 0.1) is 13.2 Å². The number of rotatable bonds is 7. The molecule has 0 saturated carbocycles. The van der Waals surface area contributed by atoms with Crippen molar-refractivity contribution in [3.8, 4) is 0 Å². The molecule has 3 heteroatoms. The van der Waals surface area contributed by atoms with Gasteiger partial charge in [0.25, 0.3) is 0 Å². The Morgan fingerprint density at radius 3 is 2.67 bits per heavy atom. The monoisotopic (exact) mass is 212 g/mol. The lowest BCUT2D eigenvalue weighted by atomic mass is 10.2. The summed E-state index contributed by atoms with van der Waals surface area (Å²) in [5.74, 6) is 0. The van der Waals surface area contributed by atoms with Gasteiger partial charge in [0.1, 0.15) is 6.17 Å². The van der Waals surface area contributed by atoms with Crippen LogP contribution in [0.1, 0.15) is 18.4 Å². The Kier molecular flexibility index (Phi) is 5.97. The SMILES string of the molecule is OCC(F)CCCOCc1ccccc1. The number of halogens is 1. The van der Waals surface area contributed by atoms with Crippen molar-refractivity contribution in [2.24, 2.45) is 0 Å². The van der Waals surface area contributed by atoms with Gasteiger partial charge in [0, 0.05) is 6.61 Å². The van der Waals surface area contributed by atoms with Crippen molar-refractivity contribution in [2.75, 3.05) is 13.2 Å². The molecule has 0 saturated heterocycles. The lowest BCUT2D eigenvalue weighted by Gasteiger charge is -2.05. The van der Waals surface area contributed by atoms with Gasteiger partial charge in [-0.05, 0) is 18.4 Å². The zero-order valence-corrected chi connectivity index (χ0v) is 8.73. The summed E-state index contributed by atoms with van der Waals surface area (Å²) in [6.45, 7) is 0.713. The van der Waals surface area contributed by atoms with Crippen LogP contribution in [-0.2, 0) is 11.3 Å². The van der Waals surface area contributed by atoms with Gasteiger partial charge in [-0.15, -0.1) is 0 Å². The quantitative estimate of drug-likeness (QED) is 0.703. The van der Waals surface area contributed by atoms with Crippen LogP contribution in [0.3, 0.4) is 0 Å². The summed E-state index contributed by atoms with van der Waals surface area (Å²) < 4.78 is 17.9. The first kappa shape index (κ1) is 12.1. The highest BCUT2D eigenvalue weighted by molar-refractivity contribution is 5.13. The first-order valence-corrected chi connectivity index (χ1v) is 5.19. The smallest absolute Gasteiger partial charge is 0.123 e. The molecule has 1 unspecified atom stereocenters. The standard InChI is InChI=1S/C12H17FO2/c13-12(9-14)7-4-8-15-10-11-5-2-1-3-6-11/h1-3,5-6,12,14H,4,7-10H2. The summed E-state index contributed by atoms with van der Waals surface area (Å²) in [4.78, 5) is 0. The van der Waals surface area contributed by atoms with Crippen molar-refractivity contribution in [1.82, 2.24) is 0 Å². The van der Waals surface area contributed by atoms with Gasteiger partial charge in [0.15, 0.2) is 0 Å². The molecular formula is C12H17FO2. The number of ether oxygens (including phenoxy) is 1. The predicted molar refractivity (Wildman–Crippen MR) is 57.3 cm³/mol. The molecule has 2 nitrogen and oxygen atoms in total. The summed E-state index contributed by atoms with van der Waals surface area (Å²) >= 11 is 0. The van der Waals surface area contributed by atoms with Crippen molar-refractivity contribution in [3.63, 3.8) is 0 Å². The Morgan fingerprint density at radius 2 is 2.00 bits per heavy atom. The fraction of sp³-hybridized carbons (Fsp3) is 0.500. The van der Waals surface area contributed by atoms with E-state index >= 15 is 0 Å². The molecule has 0 aliphatic carbocycles. The van der Waals surface area contributed by atoms with Crippen LogP contribution in [0.15, 0.2) is 30.3 Å². The third kappa shape index (κ3) is 5.50. The van der Waals surface area contributed by atoms with Gasteiger partial charge in [0.2, 0.25) is 0 Å². The number of aliphatic hydroxyl groups excluding tert-OH is 1. The summed E-state index contributed by atoms with van der Waals surface area (Å²) in [6.07, 6.45) is -0.0924. The largest absolute Gasteiger partial charge is 0.393 e. The predicted octanol–water partition coefficient (Wildman–Crippen LogP) is 2.31. The molecule has 15 heavy (non-hydrogen) atoms. The number of alkyl halides is 1. The lowest BCUT2D eigenvalue weighted by Crippen LogP contribution is -2.07. The summed E-state index contributed by atoms with van der Waals surface area (Å²) in [7, 11) is 0. The summed E-state index contributed by atoms with van der Waals surface area (Å²) in [5, 5.41) is 8.45. The van der Waals surface area contributed by atoms with Crippen LogP contribution in [0.25, 0.3) is 0 Å². The maximum atomic E-state index is 12.6. The zero-order chi connectivity index (χ0) is 10.9. The lowest BCUT2D eigenvalue weighted by molar-refractivity contribution is 0.102. The molecule has 0 bridgehead atoms. The molecule has 1 aromatic rings. The van der Waals surface area contributed by atoms with Gasteiger partial charge in [-0.3, -0.25) is 0 Å². The van der Waals surface area contributed by atoms with Crippen LogP contribution in [0.4, 0.5) is 4.39 Å². The molecule has 1 rings (SSSR count). The average molecular weight is 212 g/mol. The summed E-state index contributed by atoms with van der Waals surface area (Å²) in [6, 6.07) is 9.86. The molecule has 1 atom stereocenters. The fourth-order valence-electron chi connectivity index (χ4n) is 1.26. The average Bonchev–Trinajstić information content (AvgIpc) is 2.29. The third-order valence-electron chi connectivity index (χ3n) is 2.12. The molecule has 0 heterocycles. The third-order valence-corrected chi connectivity index (χ3v) is 2.12. The number of hydrogen-bond acceptors (Lipinski definition) is 2. The highest BCUT2D eigenvalue weighted by atomic mass is 19.1. The number of benzene rings is 1. The van der Waals surface area contributed by atoms with Gasteiger partial charge < -0.3 is 9.84 Å². The molecule has 0 radical (unpaired) electrons. The van der Waals surface area contributed by atoms with Gasteiger partial charge >= 0.3 is 0 Å². The molecule has 0 aromatic heterocycles. The van der Waals surface area contributed by atoms with E-state index in [1.54, 1.807) is 0 Å². The van der Waals surface area contributed by atoms with Crippen LogP contribution in [-0.4, -0.2) is 24.5 Å². The van der Waals surface area contributed by atoms with Gasteiger partial charge in [-0.2, -0.15) is 0 Å². The highest BCUT2D eigenvalue weighted by Crippen LogP contribution is 2.04. The van der Waals surface area contributed by atoms with Crippen LogP contribution < -0.4 is 0 Å². The molecule has 0 amide bonds. The highest BCUT2D eigenvalue weighted by Gasteiger charge is 2.02. The summed E-state index contributed by atoms with van der Waals surface area (Å²) in [5.41, 5.74) is 1.12. The van der Waals surface area contributed by atoms with E-state index in [0.29, 0.717) is 26.1 Å². The van der Waals surface area contributed by atoms with E-state index in [2.05, 4.69) is 0 Å². The van der Waals surface area contributed by atoms with Crippen LogP contribution in [0, 0.1) is 0 Å². The maximum absolute atomic E-state index is 12.6. The van der Waals surface area contributed by atoms with E-state index in [4.69, 9.17) is 9.84 Å². The zero-order valence-electron chi connectivity index (χ0n) is 8.73. The van der Waals surface area contributed by atoms with E-state index in [9.17, 15) is 4.39 Å². The molecule has 84 valence electrons. The van der Waals surface area contributed by atoms with Crippen LogP contribution in [0.5, 0.6) is 0 Å². The Hall–Kier alpha value is -0.930. The van der Waals surface area contributed by atoms with E-state index in [-0.39, 0.29) is 0 Å². The second kappa shape index (κ2) is 7.37. The number of hydrogen-bond donors (Lipinski definition) is 1. The first-order chi connectivity index (χ1) is 7.33. The Labute approximate surface area is 89.7 Å². The molecule has 0 aliphatic rings. The fourth-order valence-corrected chi connectivity index (χ4v) is 1.26. The molecule has 0 fully saturated rings. The minimum atomic E-state index is -1.11. The molecule has 1 N–H and O–H groups in total. The van der Waals surface area contributed by atoms with E-state index in [1.807, 2.05) is 30.3 Å². The van der Waals surface area contributed by atoms with Crippen LogP contribution >= 0.6 is 0 Å². The Morgan fingerprint density at radius 1 is 1.27 bits per heavy atom. The minimum Gasteiger partial charge on any atom is -0.393 e. The molecule has 0 aliphatic heterocycles. The molecular weight excluding hydrogens is 195 g/mol. The van der Waals surface area contributed by atoms with Crippen LogP contribution in [0.2, 0.25) is 0 Å².